The normalized spacial score (nSPS) is 11.0. The van der Waals surface area contributed by atoms with E-state index in [9.17, 15) is 0 Å². The number of anilines is 1. The molecule has 0 amide bonds. The highest BCUT2D eigenvalue weighted by molar-refractivity contribution is 6.30. The monoisotopic (exact) mass is 268 g/mol. The van der Waals surface area contributed by atoms with Crippen molar-refractivity contribution in [3.05, 3.63) is 28.8 Å². The van der Waals surface area contributed by atoms with Crippen molar-refractivity contribution < 1.29 is 0 Å². The van der Waals surface area contributed by atoms with E-state index in [1.54, 1.807) is 0 Å². The van der Waals surface area contributed by atoms with Gasteiger partial charge in [0.05, 0.1) is 0 Å². The van der Waals surface area contributed by atoms with E-state index in [1.165, 1.54) is 11.3 Å². The SMILES string of the molecule is CCCN(C)c1ccc(Cl)cc1CNCC(C)C. The van der Waals surface area contributed by atoms with Crippen LogP contribution in [-0.2, 0) is 6.54 Å². The summed E-state index contributed by atoms with van der Waals surface area (Å²) in [5, 5.41) is 4.29. The molecule has 2 nitrogen and oxygen atoms in total. The Hall–Kier alpha value is -0.730. The largest absolute Gasteiger partial charge is 0.374 e. The van der Waals surface area contributed by atoms with Gasteiger partial charge in [0.1, 0.15) is 0 Å². The van der Waals surface area contributed by atoms with Crippen molar-refractivity contribution in [3.8, 4) is 0 Å². The minimum atomic E-state index is 0.668. The van der Waals surface area contributed by atoms with E-state index in [-0.39, 0.29) is 0 Å². The summed E-state index contributed by atoms with van der Waals surface area (Å²) in [5.41, 5.74) is 2.55. The first kappa shape index (κ1) is 15.3. The summed E-state index contributed by atoms with van der Waals surface area (Å²) in [4.78, 5) is 2.29. The Bertz CT molecular complexity index is 364. The second-order valence-electron chi connectivity index (χ2n) is 5.22. The smallest absolute Gasteiger partial charge is 0.0410 e. The Labute approximate surface area is 116 Å². The van der Waals surface area contributed by atoms with Crippen molar-refractivity contribution in [3.63, 3.8) is 0 Å². The number of nitrogens with zero attached hydrogens (tertiary/aromatic N) is 1. The van der Waals surface area contributed by atoms with Gasteiger partial charge >= 0.3 is 0 Å². The molecule has 0 heterocycles. The van der Waals surface area contributed by atoms with Gasteiger partial charge in [-0.05, 0) is 42.6 Å². The lowest BCUT2D eigenvalue weighted by Gasteiger charge is -2.22. The van der Waals surface area contributed by atoms with Gasteiger partial charge in [0.2, 0.25) is 0 Å². The molecule has 0 fully saturated rings. The van der Waals surface area contributed by atoms with E-state index in [0.717, 1.165) is 31.1 Å². The molecule has 1 aromatic carbocycles. The quantitative estimate of drug-likeness (QED) is 0.806. The second-order valence-corrected chi connectivity index (χ2v) is 5.66. The highest BCUT2D eigenvalue weighted by atomic mass is 35.5. The van der Waals surface area contributed by atoms with Crippen molar-refractivity contribution in [1.82, 2.24) is 5.32 Å². The van der Waals surface area contributed by atoms with Crippen LogP contribution in [0.2, 0.25) is 5.02 Å². The molecule has 0 aromatic heterocycles. The molecule has 1 aromatic rings. The van der Waals surface area contributed by atoms with Crippen LogP contribution in [0.25, 0.3) is 0 Å². The molecule has 0 saturated heterocycles. The lowest BCUT2D eigenvalue weighted by Crippen LogP contribution is -2.23. The zero-order chi connectivity index (χ0) is 13.5. The molecule has 3 heteroatoms. The summed E-state index contributed by atoms with van der Waals surface area (Å²) < 4.78 is 0. The molecule has 0 spiro atoms. The highest BCUT2D eigenvalue weighted by Gasteiger charge is 2.07. The van der Waals surface area contributed by atoms with E-state index in [2.05, 4.69) is 50.2 Å². The van der Waals surface area contributed by atoms with Crippen LogP contribution in [0.15, 0.2) is 18.2 Å². The second kappa shape index (κ2) is 7.65. The van der Waals surface area contributed by atoms with Crippen molar-refractivity contribution in [2.45, 2.75) is 33.7 Å². The summed E-state index contributed by atoms with van der Waals surface area (Å²) in [6, 6.07) is 6.15. The highest BCUT2D eigenvalue weighted by Crippen LogP contribution is 2.23. The fraction of sp³-hybridized carbons (Fsp3) is 0.600. The first-order valence-electron chi connectivity index (χ1n) is 6.74. The Morgan fingerprint density at radius 2 is 2.06 bits per heavy atom. The standard InChI is InChI=1S/C15H25ClN2/c1-5-8-18(4)15-7-6-14(16)9-13(15)11-17-10-12(2)3/h6-7,9,12,17H,5,8,10-11H2,1-4H3. The van der Waals surface area contributed by atoms with Gasteiger partial charge in [-0.25, -0.2) is 0 Å². The molecule has 0 radical (unpaired) electrons. The molecular formula is C15H25ClN2. The summed E-state index contributed by atoms with van der Waals surface area (Å²) >= 11 is 6.09. The third kappa shape index (κ3) is 4.87. The van der Waals surface area contributed by atoms with Gasteiger partial charge in [-0.1, -0.05) is 32.4 Å². The molecule has 1 rings (SSSR count). The van der Waals surface area contributed by atoms with E-state index in [0.29, 0.717) is 5.92 Å². The van der Waals surface area contributed by atoms with Crippen LogP contribution in [0.1, 0.15) is 32.8 Å². The number of rotatable bonds is 7. The van der Waals surface area contributed by atoms with Crippen LogP contribution >= 0.6 is 11.6 Å². The Balaban J connectivity index is 2.76. The number of hydrogen-bond acceptors (Lipinski definition) is 2. The molecule has 0 saturated carbocycles. The van der Waals surface area contributed by atoms with Crippen LogP contribution in [0, 0.1) is 5.92 Å². The van der Waals surface area contributed by atoms with Crippen LogP contribution < -0.4 is 10.2 Å². The third-order valence-electron chi connectivity index (χ3n) is 2.88. The third-order valence-corrected chi connectivity index (χ3v) is 3.11. The van der Waals surface area contributed by atoms with Gasteiger partial charge in [0.25, 0.3) is 0 Å². The average molecular weight is 269 g/mol. The first-order valence-corrected chi connectivity index (χ1v) is 7.12. The predicted octanol–water partition coefficient (Wildman–Crippen LogP) is 3.93. The van der Waals surface area contributed by atoms with Crippen molar-refractivity contribution in [1.29, 1.82) is 0 Å². The summed E-state index contributed by atoms with van der Waals surface area (Å²) in [7, 11) is 2.14. The number of nitrogens with one attached hydrogen (secondary N) is 1. The molecular weight excluding hydrogens is 244 g/mol. The van der Waals surface area contributed by atoms with Crippen LogP contribution in [0.5, 0.6) is 0 Å². The molecule has 18 heavy (non-hydrogen) atoms. The Morgan fingerprint density at radius 3 is 2.67 bits per heavy atom. The fourth-order valence-corrected chi connectivity index (χ4v) is 2.21. The molecule has 0 aliphatic carbocycles. The maximum Gasteiger partial charge on any atom is 0.0410 e. The minimum Gasteiger partial charge on any atom is -0.374 e. The van der Waals surface area contributed by atoms with E-state index >= 15 is 0 Å². The van der Waals surface area contributed by atoms with Gasteiger partial charge < -0.3 is 10.2 Å². The van der Waals surface area contributed by atoms with Crippen LogP contribution in [0.4, 0.5) is 5.69 Å². The van der Waals surface area contributed by atoms with Crippen molar-refractivity contribution in [2.24, 2.45) is 5.92 Å². The first-order chi connectivity index (χ1) is 8.54. The van der Waals surface area contributed by atoms with Crippen molar-refractivity contribution >= 4 is 17.3 Å². The Morgan fingerprint density at radius 1 is 1.33 bits per heavy atom. The zero-order valence-corrected chi connectivity index (χ0v) is 12.7. The molecule has 0 aliphatic heterocycles. The van der Waals surface area contributed by atoms with E-state index < -0.39 is 0 Å². The van der Waals surface area contributed by atoms with Gasteiger partial charge in [0.15, 0.2) is 0 Å². The lowest BCUT2D eigenvalue weighted by atomic mass is 10.1. The molecule has 0 atom stereocenters. The number of halogens is 1. The van der Waals surface area contributed by atoms with Gasteiger partial charge in [-0.3, -0.25) is 0 Å². The summed E-state index contributed by atoms with van der Waals surface area (Å²) in [6.45, 7) is 9.61. The van der Waals surface area contributed by atoms with Crippen molar-refractivity contribution in [2.75, 3.05) is 25.0 Å². The van der Waals surface area contributed by atoms with Crippen LogP contribution in [0.3, 0.4) is 0 Å². The minimum absolute atomic E-state index is 0.668. The van der Waals surface area contributed by atoms with Gasteiger partial charge in [-0.2, -0.15) is 0 Å². The van der Waals surface area contributed by atoms with E-state index in [4.69, 9.17) is 11.6 Å². The molecule has 0 unspecified atom stereocenters. The van der Waals surface area contributed by atoms with Crippen LogP contribution in [-0.4, -0.2) is 20.1 Å². The molecule has 1 N–H and O–H groups in total. The molecule has 0 aliphatic rings. The van der Waals surface area contributed by atoms with E-state index in [1.807, 2.05) is 6.07 Å². The average Bonchev–Trinajstić information content (AvgIpc) is 2.29. The summed E-state index contributed by atoms with van der Waals surface area (Å²) in [6.07, 6.45) is 1.15. The molecule has 102 valence electrons. The maximum absolute atomic E-state index is 6.09. The number of hydrogen-bond donors (Lipinski definition) is 1. The number of benzene rings is 1. The topological polar surface area (TPSA) is 15.3 Å². The Kier molecular flexibility index (Phi) is 6.51. The summed E-state index contributed by atoms with van der Waals surface area (Å²) in [5.74, 6) is 0.668. The van der Waals surface area contributed by atoms with Gasteiger partial charge in [-0.15, -0.1) is 0 Å². The molecule has 0 bridgehead atoms. The lowest BCUT2D eigenvalue weighted by molar-refractivity contribution is 0.552. The van der Waals surface area contributed by atoms with Gasteiger partial charge in [0, 0.05) is 30.8 Å². The predicted molar refractivity (Wildman–Crippen MR) is 81.6 cm³/mol. The maximum atomic E-state index is 6.09. The fourth-order valence-electron chi connectivity index (χ4n) is 2.02. The zero-order valence-electron chi connectivity index (χ0n) is 12.0.